The molecule has 0 fully saturated rings. The predicted molar refractivity (Wildman–Crippen MR) is 95.0 cm³/mol. The molecule has 0 aliphatic carbocycles. The summed E-state index contributed by atoms with van der Waals surface area (Å²) < 4.78 is 0. The second-order valence-corrected chi connectivity index (χ2v) is 5.27. The first-order valence-corrected chi connectivity index (χ1v) is 7.13. The third kappa shape index (κ3) is 5.76. The monoisotopic (exact) mass is 378 g/mol. The van der Waals surface area contributed by atoms with Crippen molar-refractivity contribution in [3.8, 4) is 0 Å². The van der Waals surface area contributed by atoms with Crippen molar-refractivity contribution in [3.05, 3.63) is 51.7 Å². The summed E-state index contributed by atoms with van der Waals surface area (Å²) in [7, 11) is 0. The van der Waals surface area contributed by atoms with E-state index < -0.39 is 4.92 Å². The van der Waals surface area contributed by atoms with E-state index in [0.717, 1.165) is 29.5 Å². The standard InChI is InChI=1S/C13H14N4O3S.2ClH/c14-7-3-5-9-4-1-2-6-10(9)12(18)16-13-15-8-11(21-13)17(19)20;;/h1-2,4,6,8H,3,5,7,14H2,(H,15,16,18);2*1H. The molecule has 0 unspecified atom stereocenters. The molecule has 1 heterocycles. The van der Waals surface area contributed by atoms with Gasteiger partial charge in [-0.1, -0.05) is 18.2 Å². The number of thiazole rings is 1. The molecular weight excluding hydrogens is 363 g/mol. The van der Waals surface area contributed by atoms with Gasteiger partial charge in [-0.05, 0) is 42.4 Å². The molecule has 23 heavy (non-hydrogen) atoms. The van der Waals surface area contributed by atoms with Gasteiger partial charge in [-0.15, -0.1) is 24.8 Å². The number of rotatable bonds is 6. The lowest BCUT2D eigenvalue weighted by Crippen LogP contribution is -2.14. The first-order chi connectivity index (χ1) is 10.1. The number of aromatic nitrogens is 1. The van der Waals surface area contributed by atoms with E-state index in [4.69, 9.17) is 5.73 Å². The number of nitrogens with zero attached hydrogens (tertiary/aromatic N) is 2. The van der Waals surface area contributed by atoms with Crippen molar-refractivity contribution < 1.29 is 9.72 Å². The van der Waals surface area contributed by atoms with Crippen LogP contribution in [0.1, 0.15) is 22.3 Å². The Morgan fingerprint density at radius 3 is 2.65 bits per heavy atom. The smallest absolute Gasteiger partial charge is 0.330 e. The van der Waals surface area contributed by atoms with Gasteiger partial charge in [0.1, 0.15) is 6.20 Å². The molecule has 0 aliphatic rings. The van der Waals surface area contributed by atoms with Gasteiger partial charge in [-0.3, -0.25) is 20.2 Å². The summed E-state index contributed by atoms with van der Waals surface area (Å²) >= 11 is 0.826. The normalized spacial score (nSPS) is 9.43. The average molecular weight is 379 g/mol. The molecule has 0 spiro atoms. The van der Waals surface area contributed by atoms with Crippen LogP contribution in [0, 0.1) is 10.1 Å². The highest BCUT2D eigenvalue weighted by molar-refractivity contribution is 7.18. The number of nitrogens with one attached hydrogen (secondary N) is 1. The lowest BCUT2D eigenvalue weighted by Gasteiger charge is -2.08. The van der Waals surface area contributed by atoms with Crippen LogP contribution in [-0.2, 0) is 6.42 Å². The fraction of sp³-hybridized carbons (Fsp3) is 0.231. The van der Waals surface area contributed by atoms with Crippen LogP contribution >= 0.6 is 36.2 Å². The molecule has 0 saturated carbocycles. The van der Waals surface area contributed by atoms with Gasteiger partial charge in [0, 0.05) is 5.56 Å². The Morgan fingerprint density at radius 2 is 2.04 bits per heavy atom. The van der Waals surface area contributed by atoms with E-state index in [9.17, 15) is 14.9 Å². The number of nitrogens with two attached hydrogens (primary N) is 1. The minimum atomic E-state index is -0.539. The van der Waals surface area contributed by atoms with Gasteiger partial charge in [0.2, 0.25) is 0 Å². The summed E-state index contributed by atoms with van der Waals surface area (Å²) in [6.45, 7) is 0.550. The molecule has 0 aliphatic heterocycles. The molecule has 3 N–H and O–H groups in total. The van der Waals surface area contributed by atoms with E-state index in [0.29, 0.717) is 18.5 Å². The zero-order chi connectivity index (χ0) is 15.2. The van der Waals surface area contributed by atoms with Gasteiger partial charge in [-0.2, -0.15) is 0 Å². The van der Waals surface area contributed by atoms with Gasteiger partial charge < -0.3 is 5.73 Å². The van der Waals surface area contributed by atoms with Crippen LogP contribution in [0.15, 0.2) is 30.5 Å². The van der Waals surface area contributed by atoms with E-state index in [1.54, 1.807) is 12.1 Å². The Labute approximate surface area is 149 Å². The number of hydrogen-bond acceptors (Lipinski definition) is 6. The number of amides is 1. The highest BCUT2D eigenvalue weighted by atomic mass is 35.5. The second-order valence-electron chi connectivity index (χ2n) is 4.26. The maximum absolute atomic E-state index is 12.2. The molecule has 1 amide bonds. The fourth-order valence-corrected chi connectivity index (χ4v) is 2.45. The molecule has 10 heteroatoms. The number of aryl methyl sites for hydroxylation is 1. The number of hydrogen-bond donors (Lipinski definition) is 2. The van der Waals surface area contributed by atoms with E-state index in [1.807, 2.05) is 12.1 Å². The summed E-state index contributed by atoms with van der Waals surface area (Å²) in [6.07, 6.45) is 2.62. The number of carbonyl (C=O) groups excluding carboxylic acids is 1. The van der Waals surface area contributed by atoms with Crippen molar-refractivity contribution in [1.29, 1.82) is 0 Å². The quantitative estimate of drug-likeness (QED) is 0.592. The van der Waals surface area contributed by atoms with Gasteiger partial charge in [0.25, 0.3) is 5.91 Å². The summed E-state index contributed by atoms with van der Waals surface area (Å²) in [5, 5.41) is 13.3. The van der Waals surface area contributed by atoms with Gasteiger partial charge in [-0.25, -0.2) is 4.98 Å². The molecule has 1 aromatic heterocycles. The number of nitro groups is 1. The molecule has 0 atom stereocenters. The summed E-state index contributed by atoms with van der Waals surface area (Å²) in [4.78, 5) is 26.1. The summed E-state index contributed by atoms with van der Waals surface area (Å²) in [5.74, 6) is -0.327. The highest BCUT2D eigenvalue weighted by Gasteiger charge is 2.16. The molecule has 0 radical (unpaired) electrons. The number of carbonyl (C=O) groups is 1. The minimum Gasteiger partial charge on any atom is -0.330 e. The van der Waals surface area contributed by atoms with Crippen molar-refractivity contribution in [3.63, 3.8) is 0 Å². The van der Waals surface area contributed by atoms with Crippen molar-refractivity contribution in [2.24, 2.45) is 5.73 Å². The molecule has 0 bridgehead atoms. The van der Waals surface area contributed by atoms with Crippen molar-refractivity contribution >= 4 is 52.2 Å². The van der Waals surface area contributed by atoms with E-state index >= 15 is 0 Å². The lowest BCUT2D eigenvalue weighted by molar-refractivity contribution is -0.380. The first kappa shape index (κ1) is 21.3. The molecule has 7 nitrogen and oxygen atoms in total. The van der Waals surface area contributed by atoms with Crippen molar-refractivity contribution in [2.75, 3.05) is 11.9 Å². The van der Waals surface area contributed by atoms with Crippen LogP contribution in [0.4, 0.5) is 10.1 Å². The lowest BCUT2D eigenvalue weighted by atomic mass is 10.0. The van der Waals surface area contributed by atoms with E-state index in [1.165, 1.54) is 0 Å². The van der Waals surface area contributed by atoms with Gasteiger partial charge in [0.15, 0.2) is 5.13 Å². The SMILES string of the molecule is Cl.Cl.NCCCc1ccccc1C(=O)Nc1ncc([N+](=O)[O-])s1. The number of halogens is 2. The Morgan fingerprint density at radius 1 is 1.35 bits per heavy atom. The Kier molecular flexibility index (Phi) is 9.35. The first-order valence-electron chi connectivity index (χ1n) is 6.31. The highest BCUT2D eigenvalue weighted by Crippen LogP contribution is 2.25. The molecule has 126 valence electrons. The third-order valence-corrected chi connectivity index (χ3v) is 3.67. The third-order valence-electron chi connectivity index (χ3n) is 2.81. The van der Waals surface area contributed by atoms with E-state index in [2.05, 4.69) is 10.3 Å². The Hall–Kier alpha value is -1.74. The maximum Gasteiger partial charge on any atom is 0.345 e. The molecule has 0 saturated heterocycles. The Bertz CT molecular complexity index is 666. The molecular formula is C13H16Cl2N4O3S. The summed E-state index contributed by atoms with van der Waals surface area (Å²) in [6, 6.07) is 7.21. The summed E-state index contributed by atoms with van der Waals surface area (Å²) in [5.41, 5.74) is 6.91. The number of anilines is 1. The zero-order valence-electron chi connectivity index (χ0n) is 11.9. The Balaban J connectivity index is 0.00000242. The topological polar surface area (TPSA) is 111 Å². The van der Waals surface area contributed by atoms with Crippen LogP contribution in [0.5, 0.6) is 0 Å². The average Bonchev–Trinajstić information content (AvgIpc) is 2.94. The molecule has 2 rings (SSSR count). The van der Waals surface area contributed by atoms with Crippen LogP contribution in [0.3, 0.4) is 0 Å². The van der Waals surface area contributed by atoms with Crippen molar-refractivity contribution in [2.45, 2.75) is 12.8 Å². The number of benzene rings is 1. The molecule has 2 aromatic rings. The largest absolute Gasteiger partial charge is 0.345 e. The molecule has 1 aromatic carbocycles. The zero-order valence-corrected chi connectivity index (χ0v) is 14.4. The fourth-order valence-electron chi connectivity index (χ4n) is 1.82. The van der Waals surface area contributed by atoms with Crippen LogP contribution < -0.4 is 11.1 Å². The predicted octanol–water partition coefficient (Wildman–Crippen LogP) is 3.04. The minimum absolute atomic E-state index is 0. The van der Waals surface area contributed by atoms with Crippen molar-refractivity contribution in [1.82, 2.24) is 4.98 Å². The van der Waals surface area contributed by atoms with E-state index in [-0.39, 0.29) is 40.9 Å². The van der Waals surface area contributed by atoms with Gasteiger partial charge in [0.05, 0.1) is 4.92 Å². The van der Waals surface area contributed by atoms with Crippen LogP contribution in [0.25, 0.3) is 0 Å². The second kappa shape index (κ2) is 10.1. The van der Waals surface area contributed by atoms with Crippen LogP contribution in [-0.4, -0.2) is 22.4 Å². The van der Waals surface area contributed by atoms with Crippen LogP contribution in [0.2, 0.25) is 0 Å². The maximum atomic E-state index is 12.2. The van der Waals surface area contributed by atoms with Gasteiger partial charge >= 0.3 is 5.00 Å².